The summed E-state index contributed by atoms with van der Waals surface area (Å²) in [5.74, 6) is -0.427. The van der Waals surface area contributed by atoms with Gasteiger partial charge in [-0.3, -0.25) is 19.2 Å². The number of thiazole rings is 1. The second kappa shape index (κ2) is 10.1. The zero-order valence-corrected chi connectivity index (χ0v) is 18.5. The highest BCUT2D eigenvalue weighted by atomic mass is 32.2. The van der Waals surface area contributed by atoms with Crippen LogP contribution in [0.25, 0.3) is 0 Å². The molecule has 2 aliphatic rings. The quantitative estimate of drug-likeness (QED) is 0.693. The van der Waals surface area contributed by atoms with Gasteiger partial charge in [-0.15, -0.1) is 11.3 Å². The van der Waals surface area contributed by atoms with E-state index in [4.69, 9.17) is 0 Å². The zero-order chi connectivity index (χ0) is 21.6. The number of hydrogen-bond acceptors (Lipinski definition) is 7. The van der Waals surface area contributed by atoms with Gasteiger partial charge >= 0.3 is 0 Å². The average molecular weight is 451 g/mol. The Hall–Kier alpha value is -2.30. The number of carbonyl (C=O) groups is 2. The lowest BCUT2D eigenvalue weighted by molar-refractivity contribution is -0.108. The second-order valence-electron chi connectivity index (χ2n) is 7.21. The molecule has 0 aliphatic carbocycles. The molecule has 162 valence electrons. The van der Waals surface area contributed by atoms with Crippen molar-refractivity contribution in [3.8, 4) is 0 Å². The first-order chi connectivity index (χ1) is 14.4. The molecule has 4 rings (SSSR count). The molecule has 0 saturated carbocycles. The van der Waals surface area contributed by atoms with Crippen LogP contribution in [0.2, 0.25) is 0 Å². The number of rotatable bonds is 4. The molecule has 30 heavy (non-hydrogen) atoms. The van der Waals surface area contributed by atoms with Gasteiger partial charge < -0.3 is 5.32 Å². The Morgan fingerprint density at radius 3 is 2.80 bits per heavy atom. The Morgan fingerprint density at radius 2 is 2.17 bits per heavy atom. The molecule has 0 radical (unpaired) electrons. The number of aryl methyl sites for hydroxylation is 1. The van der Waals surface area contributed by atoms with Crippen LogP contribution in [0.3, 0.4) is 0 Å². The predicted molar refractivity (Wildman–Crippen MR) is 117 cm³/mol. The lowest BCUT2D eigenvalue weighted by Crippen LogP contribution is -2.38. The molecule has 0 unspecified atom stereocenters. The molecule has 2 N–H and O–H groups in total. The van der Waals surface area contributed by atoms with Gasteiger partial charge in [0.15, 0.2) is 0 Å². The Balaban J connectivity index is 0.000000196. The Bertz CT molecular complexity index is 984. The van der Waals surface area contributed by atoms with Crippen LogP contribution in [0.4, 0.5) is 5.69 Å². The number of nitrogens with one attached hydrogen (secondary N) is 2. The summed E-state index contributed by atoms with van der Waals surface area (Å²) in [4.78, 5) is 26.2. The number of benzene rings is 1. The standard InChI is InChI=1S/C12H14N2O4S.C8H12N2S/c15-9-13-12(16)10-4-3-5-11(8-10)14-6-1-2-7-19(14,17)18;1-6-5-11-8(10-6)7-3-2-4-9-7/h3-5,8-9H,1-2,6-7H2,(H,13,15,16);5,7,9H,2-4H2,1H3/t;7-/m.1/s1. The van der Waals surface area contributed by atoms with E-state index in [0.717, 1.165) is 18.7 Å². The van der Waals surface area contributed by atoms with Crippen molar-refractivity contribution in [3.63, 3.8) is 0 Å². The average Bonchev–Trinajstić information content (AvgIpc) is 3.40. The third-order valence-electron chi connectivity index (χ3n) is 4.93. The monoisotopic (exact) mass is 450 g/mol. The number of anilines is 1. The number of hydrogen-bond donors (Lipinski definition) is 2. The normalized spacial score (nSPS) is 20.2. The van der Waals surface area contributed by atoms with E-state index in [1.54, 1.807) is 23.5 Å². The van der Waals surface area contributed by atoms with Gasteiger partial charge in [0.05, 0.1) is 17.5 Å². The van der Waals surface area contributed by atoms with Crippen LogP contribution in [-0.4, -0.2) is 44.6 Å². The number of imide groups is 1. The van der Waals surface area contributed by atoms with Crippen molar-refractivity contribution in [1.82, 2.24) is 15.6 Å². The van der Waals surface area contributed by atoms with Crippen molar-refractivity contribution < 1.29 is 18.0 Å². The summed E-state index contributed by atoms with van der Waals surface area (Å²) in [5, 5.41) is 8.84. The van der Waals surface area contributed by atoms with Crippen molar-refractivity contribution in [2.45, 2.75) is 38.6 Å². The summed E-state index contributed by atoms with van der Waals surface area (Å²) >= 11 is 1.77. The number of carbonyl (C=O) groups excluding carboxylic acids is 2. The van der Waals surface area contributed by atoms with Crippen molar-refractivity contribution in [2.24, 2.45) is 0 Å². The number of nitrogens with zero attached hydrogens (tertiary/aromatic N) is 2. The van der Waals surface area contributed by atoms with Crippen molar-refractivity contribution in [3.05, 3.63) is 45.9 Å². The van der Waals surface area contributed by atoms with Crippen LogP contribution in [-0.2, 0) is 14.8 Å². The molecule has 1 aromatic heterocycles. The maximum absolute atomic E-state index is 12.0. The highest BCUT2D eigenvalue weighted by Crippen LogP contribution is 2.25. The summed E-state index contributed by atoms with van der Waals surface area (Å²) < 4.78 is 25.2. The van der Waals surface area contributed by atoms with Gasteiger partial charge in [0.25, 0.3) is 5.91 Å². The van der Waals surface area contributed by atoms with Crippen LogP contribution in [0, 0.1) is 6.92 Å². The molecule has 1 aromatic carbocycles. The van der Waals surface area contributed by atoms with Crippen LogP contribution < -0.4 is 14.9 Å². The van der Waals surface area contributed by atoms with E-state index in [1.165, 1.54) is 34.3 Å². The number of aromatic nitrogens is 1. The molecular formula is C20H26N4O4S2. The topological polar surface area (TPSA) is 108 Å². The van der Waals surface area contributed by atoms with Crippen molar-refractivity contribution in [2.75, 3.05) is 23.1 Å². The minimum atomic E-state index is -3.30. The molecule has 2 aromatic rings. The zero-order valence-electron chi connectivity index (χ0n) is 16.8. The van der Waals surface area contributed by atoms with E-state index >= 15 is 0 Å². The minimum absolute atomic E-state index is 0.123. The summed E-state index contributed by atoms with van der Waals surface area (Å²) in [5.41, 5.74) is 1.86. The third-order valence-corrected chi connectivity index (χ3v) is 7.88. The molecular weight excluding hydrogens is 424 g/mol. The van der Waals surface area contributed by atoms with Gasteiger partial charge in [-0.05, 0) is 57.4 Å². The fourth-order valence-electron chi connectivity index (χ4n) is 3.45. The van der Waals surface area contributed by atoms with E-state index in [2.05, 4.69) is 22.6 Å². The predicted octanol–water partition coefficient (Wildman–Crippen LogP) is 2.38. The molecule has 3 heterocycles. The van der Waals surface area contributed by atoms with Crippen molar-refractivity contribution in [1.29, 1.82) is 0 Å². The summed E-state index contributed by atoms with van der Waals surface area (Å²) in [7, 11) is -3.30. The van der Waals surface area contributed by atoms with E-state index < -0.39 is 15.9 Å². The Labute approximate surface area is 180 Å². The largest absolute Gasteiger partial charge is 0.308 e. The first-order valence-electron chi connectivity index (χ1n) is 9.91. The van der Waals surface area contributed by atoms with Crippen LogP contribution in [0.1, 0.15) is 52.8 Å². The number of sulfonamides is 1. The van der Waals surface area contributed by atoms with Gasteiger partial charge in [-0.2, -0.15) is 0 Å². The third kappa shape index (κ3) is 5.65. The first-order valence-corrected chi connectivity index (χ1v) is 12.4. The highest BCUT2D eigenvalue weighted by Gasteiger charge is 2.26. The second-order valence-corrected chi connectivity index (χ2v) is 10.1. The van der Waals surface area contributed by atoms with E-state index in [0.29, 0.717) is 31.1 Å². The molecule has 8 nitrogen and oxygen atoms in total. The molecule has 2 fully saturated rings. The molecule has 2 aliphatic heterocycles. The van der Waals surface area contributed by atoms with E-state index in [1.807, 2.05) is 5.32 Å². The van der Waals surface area contributed by atoms with Crippen LogP contribution >= 0.6 is 11.3 Å². The van der Waals surface area contributed by atoms with Crippen LogP contribution in [0.5, 0.6) is 0 Å². The maximum Gasteiger partial charge on any atom is 0.257 e. The summed E-state index contributed by atoms with van der Waals surface area (Å²) in [6.45, 7) is 3.62. The fraction of sp³-hybridized carbons (Fsp3) is 0.450. The van der Waals surface area contributed by atoms with E-state index in [9.17, 15) is 18.0 Å². The Kier molecular flexibility index (Phi) is 7.57. The minimum Gasteiger partial charge on any atom is -0.308 e. The van der Waals surface area contributed by atoms with Gasteiger partial charge in [0.1, 0.15) is 5.01 Å². The smallest absolute Gasteiger partial charge is 0.257 e. The molecule has 2 saturated heterocycles. The Morgan fingerprint density at radius 1 is 1.33 bits per heavy atom. The van der Waals surface area contributed by atoms with Crippen molar-refractivity contribution >= 4 is 39.4 Å². The van der Waals surface area contributed by atoms with Gasteiger partial charge in [-0.1, -0.05) is 6.07 Å². The molecule has 0 bridgehead atoms. The lowest BCUT2D eigenvalue weighted by Gasteiger charge is -2.28. The molecule has 2 amide bonds. The SMILES string of the molecule is Cc1csc([C@H]2CCCN2)n1.O=CNC(=O)c1cccc(N2CCCCS2(=O)=O)c1. The van der Waals surface area contributed by atoms with Gasteiger partial charge in [0.2, 0.25) is 16.4 Å². The van der Waals surface area contributed by atoms with Gasteiger partial charge in [0, 0.05) is 23.2 Å². The van der Waals surface area contributed by atoms with Crippen LogP contribution in [0.15, 0.2) is 29.6 Å². The summed E-state index contributed by atoms with van der Waals surface area (Å²) in [6.07, 6.45) is 4.30. The first kappa shape index (κ1) is 22.4. The molecule has 1 atom stereocenters. The number of amides is 2. The fourth-order valence-corrected chi connectivity index (χ4v) is 5.98. The molecule has 10 heteroatoms. The maximum atomic E-state index is 12.0. The molecule has 0 spiro atoms. The highest BCUT2D eigenvalue weighted by molar-refractivity contribution is 7.92. The lowest BCUT2D eigenvalue weighted by atomic mass is 10.2. The summed E-state index contributed by atoms with van der Waals surface area (Å²) in [6, 6.07) is 6.79. The van der Waals surface area contributed by atoms with E-state index in [-0.39, 0.29) is 11.3 Å². The van der Waals surface area contributed by atoms with Gasteiger partial charge in [-0.25, -0.2) is 13.4 Å².